The summed E-state index contributed by atoms with van der Waals surface area (Å²) in [5.41, 5.74) is 26.5. The van der Waals surface area contributed by atoms with Gasteiger partial charge >= 0.3 is 21.1 Å². The SMILES string of the molecule is C=CC1=C(C)c2cc3[nH]c(cc4nc(cc5[nH]c(cc1n2)c(C)c5CCC(=O)[O-])C(CCC(=O)[O-])=C4C)c(C)c3C=C.C=CC1=C(C)c2cc3[nH]c(cc4nc(cc5[nH]c(cc1n2)c(C)c5CCC(=O)[O-])C(CCC(=O)[O-])=C4C)c(C)c3C=C.[Pt+4]. The number of carbonyl (C=O) groups is 4. The molecule has 434 valence electrons. The van der Waals surface area contributed by atoms with E-state index >= 15 is 0 Å². The van der Waals surface area contributed by atoms with E-state index in [0.29, 0.717) is 33.8 Å². The van der Waals surface area contributed by atoms with Gasteiger partial charge in [-0.2, -0.15) is 0 Å². The van der Waals surface area contributed by atoms with Crippen molar-refractivity contribution in [2.45, 2.75) is 107 Å². The van der Waals surface area contributed by atoms with Crippen LogP contribution in [-0.2, 0) is 53.1 Å². The van der Waals surface area contributed by atoms with Gasteiger partial charge in [0.15, 0.2) is 0 Å². The Kier molecular flexibility index (Phi) is 18.4. The molecule has 85 heavy (non-hydrogen) atoms. The van der Waals surface area contributed by atoms with E-state index in [1.165, 1.54) is 0 Å². The van der Waals surface area contributed by atoms with Crippen molar-refractivity contribution in [1.29, 1.82) is 0 Å². The normalized spacial score (nSPS) is 12.9. The van der Waals surface area contributed by atoms with Crippen molar-refractivity contribution in [1.82, 2.24) is 39.9 Å². The summed E-state index contributed by atoms with van der Waals surface area (Å²) >= 11 is 0. The first-order valence-electron chi connectivity index (χ1n) is 27.7. The molecule has 16 nitrogen and oxygen atoms in total. The molecule has 4 N–H and O–H groups in total. The van der Waals surface area contributed by atoms with Crippen molar-refractivity contribution in [3.63, 3.8) is 0 Å². The number of H-pyrrole nitrogens is 4. The number of fused-ring (bicyclic) bond motifs is 16. The summed E-state index contributed by atoms with van der Waals surface area (Å²) in [6, 6.07) is 15.6. The monoisotopic (exact) mass is 1320 g/mol. The van der Waals surface area contributed by atoms with Gasteiger partial charge in [-0.3, -0.25) is 0 Å². The predicted molar refractivity (Wildman–Crippen MR) is 327 cm³/mol. The van der Waals surface area contributed by atoms with Gasteiger partial charge in [0.1, 0.15) is 0 Å². The van der Waals surface area contributed by atoms with Gasteiger partial charge in [-0.1, -0.05) is 50.6 Å². The number of aliphatic carboxylic acids is 4. The van der Waals surface area contributed by atoms with Crippen molar-refractivity contribution in [3.05, 3.63) is 177 Å². The summed E-state index contributed by atoms with van der Waals surface area (Å²) in [6.45, 7) is 31.9. The fourth-order valence-electron chi connectivity index (χ4n) is 11.5. The van der Waals surface area contributed by atoms with Crippen molar-refractivity contribution in [2.24, 2.45) is 0 Å². The van der Waals surface area contributed by atoms with Crippen LogP contribution < -0.4 is 20.4 Å². The van der Waals surface area contributed by atoms with Crippen molar-refractivity contribution >= 4 is 125 Å². The van der Waals surface area contributed by atoms with E-state index in [-0.39, 0.29) is 72.4 Å². The van der Waals surface area contributed by atoms with Crippen LogP contribution in [0.1, 0.15) is 156 Å². The Morgan fingerprint density at radius 3 is 0.965 bits per heavy atom. The molecule has 0 unspecified atom stereocenters. The maximum atomic E-state index is 11.4. The number of aryl methyl sites for hydroxylation is 6. The van der Waals surface area contributed by atoms with Gasteiger partial charge in [0, 0.05) is 90.3 Å². The molecular weight excluding hydrogens is 1250 g/mol. The number of hydrogen-bond acceptors (Lipinski definition) is 12. The molecule has 0 spiro atoms. The molecule has 6 aromatic heterocycles. The molecular formula is C68H64N8O8Pt. The zero-order valence-electron chi connectivity index (χ0n) is 48.8. The minimum Gasteiger partial charge on any atom is -0.550 e. The number of aromatic amines is 4. The predicted octanol–water partition coefficient (Wildman–Crippen LogP) is 9.67. The average Bonchev–Trinajstić information content (AvgIpc) is 1.94. The quantitative estimate of drug-likeness (QED) is 0.0705. The third-order valence-corrected chi connectivity index (χ3v) is 16.4. The molecule has 10 rings (SSSR count). The maximum Gasteiger partial charge on any atom is 4.00 e. The second-order valence-corrected chi connectivity index (χ2v) is 21.4. The topological polar surface area (TPSA) is 275 Å². The number of rotatable bonds is 16. The molecule has 16 bridgehead atoms. The number of nitrogens with one attached hydrogen (secondary N) is 4. The molecule has 0 amide bonds. The molecule has 4 aliphatic rings. The minimum atomic E-state index is -1.14. The molecule has 0 aliphatic carbocycles. The molecule has 6 aromatic rings. The molecule has 10 heterocycles. The number of carbonyl (C=O) groups excluding carboxylic acids is 4. The van der Waals surface area contributed by atoms with Crippen LogP contribution in [0.3, 0.4) is 0 Å². The Labute approximate surface area is 506 Å². The van der Waals surface area contributed by atoms with Crippen LogP contribution in [0.15, 0.2) is 87.0 Å². The van der Waals surface area contributed by atoms with Crippen LogP contribution in [-0.4, -0.2) is 63.7 Å². The van der Waals surface area contributed by atoms with Crippen LogP contribution in [0.2, 0.25) is 0 Å². The molecule has 0 aromatic carbocycles. The molecule has 0 saturated carbocycles. The van der Waals surface area contributed by atoms with Gasteiger partial charge < -0.3 is 59.5 Å². The van der Waals surface area contributed by atoms with Gasteiger partial charge in [0.2, 0.25) is 0 Å². The first-order valence-corrected chi connectivity index (χ1v) is 27.7. The van der Waals surface area contributed by atoms with E-state index in [9.17, 15) is 39.6 Å². The minimum absolute atomic E-state index is 0. The second-order valence-electron chi connectivity index (χ2n) is 21.4. The number of allylic oxidation sites excluding steroid dienone is 10. The summed E-state index contributed by atoms with van der Waals surface area (Å²) in [5, 5.41) is 45.6. The fraction of sp³-hybridized carbons (Fsp3) is 0.235. The number of carboxylic acids is 4. The summed E-state index contributed by atoms with van der Waals surface area (Å²) in [6.07, 6.45) is 7.62. The first kappa shape index (κ1) is 61.8. The third kappa shape index (κ3) is 12.4. The van der Waals surface area contributed by atoms with Gasteiger partial charge in [0.05, 0.1) is 45.6 Å². The van der Waals surface area contributed by atoms with E-state index in [1.807, 2.05) is 116 Å². The Bertz CT molecular complexity index is 4120. The Morgan fingerprint density at radius 1 is 0.365 bits per heavy atom. The molecule has 0 fully saturated rings. The van der Waals surface area contributed by atoms with E-state index < -0.39 is 23.9 Å². The molecule has 0 saturated heterocycles. The van der Waals surface area contributed by atoms with Gasteiger partial charge in [-0.25, -0.2) is 19.9 Å². The van der Waals surface area contributed by atoms with Crippen molar-refractivity contribution in [2.75, 3.05) is 0 Å². The molecule has 0 radical (unpaired) electrons. The Hall–Kier alpha value is -9.27. The smallest absolute Gasteiger partial charge is 0.550 e. The van der Waals surface area contributed by atoms with Gasteiger partial charge in [-0.15, -0.1) is 0 Å². The zero-order valence-corrected chi connectivity index (χ0v) is 51.1. The summed E-state index contributed by atoms with van der Waals surface area (Å²) in [7, 11) is 0. The number of nitrogens with zero attached hydrogens (tertiary/aromatic N) is 4. The van der Waals surface area contributed by atoms with Crippen LogP contribution in [0.4, 0.5) is 0 Å². The van der Waals surface area contributed by atoms with Crippen LogP contribution in [0.25, 0.3) is 101 Å². The van der Waals surface area contributed by atoms with Crippen LogP contribution >= 0.6 is 0 Å². The molecule has 17 heteroatoms. The molecule has 0 atom stereocenters. The van der Waals surface area contributed by atoms with Crippen molar-refractivity contribution < 1.29 is 60.7 Å². The standard InChI is InChI=1S/2C34H34N4O4.Pt/c2*1-7-21-17(3)25-13-26-19(5)23(9-11-33(39)40)31(37-26)16-32-24(10-12-34(41)42)20(6)28(38-32)15-30-22(8-2)18(4)27(36-30)14-29(21)35-25;/h2*7-8,13-16,35,38H,1-2,9-12H2,3-6H3,(H,39,40)(H,41,42);/q;;+4/p-4. The maximum absolute atomic E-state index is 11.4. The number of aromatic nitrogens is 8. The summed E-state index contributed by atoms with van der Waals surface area (Å²) < 4.78 is 0. The summed E-state index contributed by atoms with van der Waals surface area (Å²) in [5.74, 6) is -4.56. The number of hydrogen-bond donors (Lipinski definition) is 4. The zero-order chi connectivity index (χ0) is 60.6. The Balaban J connectivity index is 0.000000219. The van der Waals surface area contributed by atoms with E-state index in [1.54, 1.807) is 12.2 Å². The first-order chi connectivity index (χ1) is 40.0. The van der Waals surface area contributed by atoms with Gasteiger partial charge in [-0.05, 0) is 222 Å². The third-order valence-electron chi connectivity index (χ3n) is 16.4. The van der Waals surface area contributed by atoms with Gasteiger partial charge in [0.25, 0.3) is 0 Å². The molecule has 4 aliphatic heterocycles. The second kappa shape index (κ2) is 25.3. The van der Waals surface area contributed by atoms with E-state index in [2.05, 4.69) is 46.3 Å². The summed E-state index contributed by atoms with van der Waals surface area (Å²) in [4.78, 5) is 79.3. The van der Waals surface area contributed by atoms with E-state index in [0.717, 1.165) is 145 Å². The van der Waals surface area contributed by atoms with Crippen LogP contribution in [0, 0.1) is 27.7 Å². The fourth-order valence-corrected chi connectivity index (χ4v) is 11.5. The Morgan fingerprint density at radius 2 is 0.635 bits per heavy atom. The number of carboxylic acid groups (broad SMARTS) is 4. The average molecular weight is 1320 g/mol. The largest absolute Gasteiger partial charge is 4.00 e. The van der Waals surface area contributed by atoms with Crippen molar-refractivity contribution in [3.8, 4) is 0 Å². The van der Waals surface area contributed by atoms with Crippen LogP contribution in [0.5, 0.6) is 0 Å². The van der Waals surface area contributed by atoms with E-state index in [4.69, 9.17) is 19.9 Å².